The molecule has 4 aromatic rings. The van der Waals surface area contributed by atoms with Gasteiger partial charge in [-0.25, -0.2) is 15.0 Å². The Kier molecular flexibility index (Phi) is 3.26. The molecule has 8 heteroatoms. The zero-order valence-corrected chi connectivity index (χ0v) is 13.8. The molecule has 0 spiro atoms. The molecule has 4 rings (SSSR count). The third-order valence-corrected chi connectivity index (χ3v) is 4.56. The minimum atomic E-state index is 0.0568. The Labute approximate surface area is 136 Å². The van der Waals surface area contributed by atoms with Gasteiger partial charge in [0.2, 0.25) is 0 Å². The van der Waals surface area contributed by atoms with Crippen molar-refractivity contribution >= 4 is 28.3 Å². The van der Waals surface area contributed by atoms with Crippen LogP contribution in [0.3, 0.4) is 0 Å². The van der Waals surface area contributed by atoms with E-state index in [0.717, 1.165) is 39.2 Å². The van der Waals surface area contributed by atoms with E-state index in [-0.39, 0.29) is 5.25 Å². The molecule has 3 aromatic heterocycles. The van der Waals surface area contributed by atoms with Crippen LogP contribution in [0.2, 0.25) is 0 Å². The Morgan fingerprint density at radius 1 is 1.13 bits per heavy atom. The minimum absolute atomic E-state index is 0.0568. The fourth-order valence-electron chi connectivity index (χ4n) is 2.46. The maximum absolute atomic E-state index is 4.75. The molecule has 0 radical (unpaired) electrons. The Hall–Kier alpha value is -2.48. The minimum Gasteiger partial charge on any atom is -0.263 e. The van der Waals surface area contributed by atoms with Crippen molar-refractivity contribution in [1.82, 2.24) is 34.8 Å². The number of thioether (sulfide) groups is 1. The number of aryl methyl sites for hydroxylation is 2. The number of aromatic amines is 1. The molecule has 1 N–H and O–H groups in total. The highest BCUT2D eigenvalue weighted by Gasteiger charge is 2.18. The van der Waals surface area contributed by atoms with Crippen LogP contribution in [0, 0.1) is 13.8 Å². The Morgan fingerprint density at radius 2 is 1.96 bits per heavy atom. The van der Waals surface area contributed by atoms with Crippen LogP contribution in [0.1, 0.15) is 29.6 Å². The normalized spacial score (nSPS) is 13.0. The summed E-state index contributed by atoms with van der Waals surface area (Å²) in [5, 5.41) is 13.4. The molecule has 1 atom stereocenters. The van der Waals surface area contributed by atoms with E-state index in [1.54, 1.807) is 16.3 Å². The summed E-state index contributed by atoms with van der Waals surface area (Å²) >= 11 is 1.57. The van der Waals surface area contributed by atoms with Gasteiger partial charge < -0.3 is 0 Å². The molecule has 116 valence electrons. The van der Waals surface area contributed by atoms with Crippen LogP contribution in [0.25, 0.3) is 16.6 Å². The summed E-state index contributed by atoms with van der Waals surface area (Å²) in [5.41, 5.74) is 1.74. The summed E-state index contributed by atoms with van der Waals surface area (Å²) in [7, 11) is 0. The van der Waals surface area contributed by atoms with Crippen LogP contribution >= 0.6 is 11.8 Å². The van der Waals surface area contributed by atoms with Crippen LogP contribution in [0.5, 0.6) is 0 Å². The van der Waals surface area contributed by atoms with E-state index in [0.29, 0.717) is 0 Å². The number of nitrogens with one attached hydrogen (secondary N) is 1. The highest BCUT2D eigenvalue weighted by molar-refractivity contribution is 7.99. The van der Waals surface area contributed by atoms with Gasteiger partial charge in [0.25, 0.3) is 0 Å². The Morgan fingerprint density at radius 3 is 2.74 bits per heavy atom. The van der Waals surface area contributed by atoms with Crippen LogP contribution in [-0.4, -0.2) is 34.8 Å². The number of aromatic nitrogens is 7. The first kappa shape index (κ1) is 14.1. The molecular formula is C15H15N7S. The molecule has 0 fully saturated rings. The average molecular weight is 325 g/mol. The van der Waals surface area contributed by atoms with Gasteiger partial charge in [0.05, 0.1) is 10.8 Å². The lowest BCUT2D eigenvalue weighted by Crippen LogP contribution is -2.01. The molecular weight excluding hydrogens is 310 g/mol. The number of hydrogen-bond acceptors (Lipinski definition) is 6. The van der Waals surface area contributed by atoms with Crippen LogP contribution in [0.4, 0.5) is 0 Å². The molecule has 23 heavy (non-hydrogen) atoms. The smallest absolute Gasteiger partial charge is 0.192 e. The molecule has 0 saturated heterocycles. The SMILES string of the molecule is Cc1nc2c3ccccc3nc(SC(C)c3n[nH]c(C)n3)n2n1. The van der Waals surface area contributed by atoms with E-state index in [1.165, 1.54) is 0 Å². The molecule has 1 unspecified atom stereocenters. The van der Waals surface area contributed by atoms with E-state index >= 15 is 0 Å². The number of para-hydroxylation sites is 1. The number of hydrogen-bond donors (Lipinski definition) is 1. The van der Waals surface area contributed by atoms with E-state index < -0.39 is 0 Å². The molecule has 0 aliphatic rings. The lowest BCUT2D eigenvalue weighted by atomic mass is 10.2. The molecule has 0 saturated carbocycles. The zero-order chi connectivity index (χ0) is 16.0. The van der Waals surface area contributed by atoms with Crippen molar-refractivity contribution in [3.05, 3.63) is 41.7 Å². The molecule has 0 amide bonds. The summed E-state index contributed by atoms with van der Waals surface area (Å²) in [6.07, 6.45) is 0. The fraction of sp³-hybridized carbons (Fsp3) is 0.267. The number of fused-ring (bicyclic) bond motifs is 3. The van der Waals surface area contributed by atoms with Gasteiger partial charge in [-0.15, -0.1) is 5.10 Å². The molecule has 1 aromatic carbocycles. The van der Waals surface area contributed by atoms with Gasteiger partial charge >= 0.3 is 0 Å². The monoisotopic (exact) mass is 325 g/mol. The summed E-state index contributed by atoms with van der Waals surface area (Å²) in [6.45, 7) is 5.83. The summed E-state index contributed by atoms with van der Waals surface area (Å²) in [6, 6.07) is 7.97. The van der Waals surface area contributed by atoms with Gasteiger partial charge in [-0.05, 0) is 32.9 Å². The van der Waals surface area contributed by atoms with Gasteiger partial charge in [0, 0.05) is 5.39 Å². The van der Waals surface area contributed by atoms with Crippen molar-refractivity contribution in [1.29, 1.82) is 0 Å². The van der Waals surface area contributed by atoms with E-state index in [9.17, 15) is 0 Å². The van der Waals surface area contributed by atoms with Crippen LogP contribution < -0.4 is 0 Å². The number of rotatable bonds is 3. The lowest BCUT2D eigenvalue weighted by molar-refractivity contribution is 0.790. The molecule has 0 bridgehead atoms. The van der Waals surface area contributed by atoms with Crippen molar-refractivity contribution in [2.24, 2.45) is 0 Å². The topological polar surface area (TPSA) is 84.6 Å². The highest BCUT2D eigenvalue weighted by Crippen LogP contribution is 2.33. The number of nitrogens with zero attached hydrogens (tertiary/aromatic N) is 6. The lowest BCUT2D eigenvalue weighted by Gasteiger charge is -2.09. The number of H-pyrrole nitrogens is 1. The van der Waals surface area contributed by atoms with Gasteiger partial charge in [-0.2, -0.15) is 9.61 Å². The molecule has 3 heterocycles. The maximum atomic E-state index is 4.75. The third-order valence-electron chi connectivity index (χ3n) is 3.52. The van der Waals surface area contributed by atoms with Crippen molar-refractivity contribution in [2.75, 3.05) is 0 Å². The molecule has 7 nitrogen and oxygen atoms in total. The van der Waals surface area contributed by atoms with Crippen molar-refractivity contribution in [3.63, 3.8) is 0 Å². The molecule has 0 aliphatic heterocycles. The van der Waals surface area contributed by atoms with E-state index in [2.05, 4.69) is 32.2 Å². The first-order valence-corrected chi connectivity index (χ1v) is 8.17. The van der Waals surface area contributed by atoms with E-state index in [4.69, 9.17) is 4.98 Å². The Bertz CT molecular complexity index is 1000. The van der Waals surface area contributed by atoms with Gasteiger partial charge in [0.1, 0.15) is 11.6 Å². The third kappa shape index (κ3) is 2.44. The fourth-order valence-corrected chi connectivity index (χ4v) is 3.37. The first-order chi connectivity index (χ1) is 11.1. The Balaban J connectivity index is 1.84. The van der Waals surface area contributed by atoms with Gasteiger partial charge in [-0.1, -0.05) is 23.9 Å². The first-order valence-electron chi connectivity index (χ1n) is 7.29. The van der Waals surface area contributed by atoms with Crippen LogP contribution in [0.15, 0.2) is 29.4 Å². The van der Waals surface area contributed by atoms with Crippen molar-refractivity contribution in [3.8, 4) is 0 Å². The van der Waals surface area contributed by atoms with Crippen LogP contribution in [-0.2, 0) is 0 Å². The standard InChI is InChI=1S/C15H15N7S/c1-8(13-16-9(2)19-20-13)23-15-18-12-7-5-4-6-11(12)14-17-10(3)21-22(14)15/h4-8H,1-3H3,(H,16,19,20). The predicted molar refractivity (Wildman–Crippen MR) is 88.4 cm³/mol. The second kappa shape index (κ2) is 5.31. The predicted octanol–water partition coefficient (Wildman–Crippen LogP) is 2.87. The van der Waals surface area contributed by atoms with E-state index in [1.807, 2.05) is 38.1 Å². The zero-order valence-electron chi connectivity index (χ0n) is 13.0. The van der Waals surface area contributed by atoms with Crippen molar-refractivity contribution in [2.45, 2.75) is 31.2 Å². The highest BCUT2D eigenvalue weighted by atomic mass is 32.2. The van der Waals surface area contributed by atoms with Crippen molar-refractivity contribution < 1.29 is 0 Å². The second-order valence-corrected chi connectivity index (χ2v) is 6.65. The summed E-state index contributed by atoms with van der Waals surface area (Å²) < 4.78 is 1.80. The largest absolute Gasteiger partial charge is 0.263 e. The number of benzene rings is 1. The molecule has 0 aliphatic carbocycles. The summed E-state index contributed by atoms with van der Waals surface area (Å²) in [5.74, 6) is 2.29. The average Bonchev–Trinajstić information content (AvgIpc) is 3.13. The quantitative estimate of drug-likeness (QED) is 0.460. The maximum Gasteiger partial charge on any atom is 0.192 e. The van der Waals surface area contributed by atoms with Gasteiger partial charge in [0.15, 0.2) is 16.6 Å². The summed E-state index contributed by atoms with van der Waals surface area (Å²) in [4.78, 5) is 13.7. The second-order valence-electron chi connectivity index (χ2n) is 5.35. The van der Waals surface area contributed by atoms with Gasteiger partial charge in [-0.3, -0.25) is 5.10 Å².